The van der Waals surface area contributed by atoms with Crippen molar-refractivity contribution in [1.82, 2.24) is 9.88 Å². The lowest BCUT2D eigenvalue weighted by Gasteiger charge is -2.30. The van der Waals surface area contributed by atoms with Crippen LogP contribution in [-0.4, -0.2) is 64.0 Å². The molecule has 0 spiro atoms. The number of aromatic carboxylic acids is 1. The number of nitrogens with one attached hydrogen (secondary N) is 1. The van der Waals surface area contributed by atoms with Gasteiger partial charge >= 0.3 is 17.9 Å². The van der Waals surface area contributed by atoms with Gasteiger partial charge in [-0.25, -0.2) is 18.8 Å². The van der Waals surface area contributed by atoms with Crippen molar-refractivity contribution >= 4 is 34.5 Å². The van der Waals surface area contributed by atoms with E-state index in [2.05, 4.69) is 5.32 Å². The van der Waals surface area contributed by atoms with E-state index in [1.807, 2.05) is 9.47 Å². The highest BCUT2D eigenvalue weighted by Gasteiger charge is 2.28. The van der Waals surface area contributed by atoms with Gasteiger partial charge in [-0.1, -0.05) is 0 Å². The average molecular weight is 447 g/mol. The van der Waals surface area contributed by atoms with Gasteiger partial charge in [0.15, 0.2) is 0 Å². The van der Waals surface area contributed by atoms with Gasteiger partial charge in [-0.2, -0.15) is 0 Å². The van der Waals surface area contributed by atoms with Crippen molar-refractivity contribution in [2.75, 3.05) is 31.1 Å². The monoisotopic (exact) mass is 447 g/mol. The highest BCUT2D eigenvalue weighted by atomic mass is 19.1. The van der Waals surface area contributed by atoms with Crippen molar-refractivity contribution in [3.05, 3.63) is 52.1 Å². The van der Waals surface area contributed by atoms with E-state index in [0.717, 1.165) is 25.9 Å². The molecule has 1 saturated heterocycles. The summed E-state index contributed by atoms with van der Waals surface area (Å²) in [6.07, 6.45) is 4.41. The zero-order valence-corrected chi connectivity index (χ0v) is 17.0. The van der Waals surface area contributed by atoms with Crippen molar-refractivity contribution in [3.63, 3.8) is 0 Å². The second-order valence-electron chi connectivity index (χ2n) is 7.38. The van der Waals surface area contributed by atoms with Crippen LogP contribution in [0.15, 0.2) is 35.3 Å². The Bertz CT molecular complexity index is 1130. The molecular formula is C21H22FN3O7. The Morgan fingerprint density at radius 1 is 1.03 bits per heavy atom. The molecule has 32 heavy (non-hydrogen) atoms. The minimum atomic E-state index is -1.28. The number of benzene rings is 1. The third-order valence-corrected chi connectivity index (χ3v) is 5.10. The van der Waals surface area contributed by atoms with E-state index in [1.54, 1.807) is 6.07 Å². The summed E-state index contributed by atoms with van der Waals surface area (Å²) in [4.78, 5) is 44.8. The lowest BCUT2D eigenvalue weighted by atomic mass is 10.1. The van der Waals surface area contributed by atoms with Gasteiger partial charge in [0.2, 0.25) is 5.43 Å². The van der Waals surface area contributed by atoms with Gasteiger partial charge in [-0.15, -0.1) is 0 Å². The van der Waals surface area contributed by atoms with E-state index in [0.29, 0.717) is 36.4 Å². The maximum absolute atomic E-state index is 14.6. The summed E-state index contributed by atoms with van der Waals surface area (Å²) in [5, 5.41) is 28.2. The first-order chi connectivity index (χ1) is 15.2. The van der Waals surface area contributed by atoms with Gasteiger partial charge in [-0.3, -0.25) is 4.79 Å². The second kappa shape index (κ2) is 9.60. The zero-order chi connectivity index (χ0) is 23.4. The molecule has 0 unspecified atom stereocenters. The molecule has 2 heterocycles. The molecule has 1 aliphatic heterocycles. The number of fused-ring (bicyclic) bond motifs is 1. The Morgan fingerprint density at radius 2 is 1.62 bits per heavy atom. The summed E-state index contributed by atoms with van der Waals surface area (Å²) in [6.45, 7) is 2.96. The molecule has 4 N–H and O–H groups in total. The summed E-state index contributed by atoms with van der Waals surface area (Å²) >= 11 is 0. The van der Waals surface area contributed by atoms with Crippen molar-refractivity contribution in [2.45, 2.75) is 18.9 Å². The van der Waals surface area contributed by atoms with Crippen LogP contribution in [0.5, 0.6) is 0 Å². The molecule has 170 valence electrons. The number of hydrogen-bond donors (Lipinski definition) is 4. The van der Waals surface area contributed by atoms with E-state index in [4.69, 9.17) is 10.2 Å². The largest absolute Gasteiger partial charge is 0.478 e. The molecule has 1 aliphatic carbocycles. The number of carboxylic acid groups (broad SMARTS) is 3. The normalized spacial score (nSPS) is 16.0. The standard InChI is InChI=1S/C17H18FN3O3.C4H4O4/c18-13-7-11-14(8-15(13)20-5-3-19-4-6-20)21(10-1-2-10)9-12(16(11)22)17(23)24;5-3(6)1-2-4(7)8/h7-10,19H,1-6H2,(H,23,24);1-2H,(H,5,6)(H,7,8)/b;2-1-. The fourth-order valence-electron chi connectivity index (χ4n) is 3.46. The van der Waals surface area contributed by atoms with Crippen LogP contribution in [0, 0.1) is 5.82 Å². The third kappa shape index (κ3) is 5.30. The Labute approximate surface area is 181 Å². The van der Waals surface area contributed by atoms with Crippen molar-refractivity contribution in [1.29, 1.82) is 0 Å². The number of carbonyl (C=O) groups is 3. The van der Waals surface area contributed by atoms with Crippen LogP contribution in [-0.2, 0) is 9.59 Å². The van der Waals surface area contributed by atoms with Gasteiger partial charge in [0.05, 0.1) is 11.2 Å². The number of carboxylic acids is 3. The number of rotatable bonds is 5. The Kier molecular flexibility index (Phi) is 6.89. The van der Waals surface area contributed by atoms with Gasteiger partial charge < -0.3 is 30.1 Å². The summed E-state index contributed by atoms with van der Waals surface area (Å²) in [5.41, 5.74) is 0.159. The molecule has 0 atom stereocenters. The Morgan fingerprint density at radius 3 is 2.12 bits per heavy atom. The fraction of sp³-hybridized carbons (Fsp3) is 0.333. The molecule has 0 radical (unpaired) electrons. The van der Waals surface area contributed by atoms with E-state index < -0.39 is 29.2 Å². The lowest BCUT2D eigenvalue weighted by molar-refractivity contribution is -0.134. The number of halogens is 1. The number of piperazine rings is 1. The van der Waals surface area contributed by atoms with Gasteiger partial charge in [0.25, 0.3) is 0 Å². The van der Waals surface area contributed by atoms with Crippen LogP contribution in [0.3, 0.4) is 0 Å². The topological polar surface area (TPSA) is 149 Å². The first kappa shape index (κ1) is 22.9. The minimum absolute atomic E-state index is 0.137. The molecule has 1 aromatic carbocycles. The lowest BCUT2D eigenvalue weighted by Crippen LogP contribution is -2.43. The van der Waals surface area contributed by atoms with Crippen LogP contribution < -0.4 is 15.6 Å². The SMILES string of the molecule is O=C(O)/C=C\C(=O)O.O=C(O)c1cn(C2CC2)c2cc(N3CCNCC3)c(F)cc2c1=O. The first-order valence-electron chi connectivity index (χ1n) is 9.90. The van der Waals surface area contributed by atoms with Crippen LogP contribution in [0.4, 0.5) is 10.1 Å². The summed E-state index contributed by atoms with van der Waals surface area (Å²) in [5.74, 6) is -4.27. The average Bonchev–Trinajstić information content (AvgIpc) is 3.58. The van der Waals surface area contributed by atoms with Gasteiger partial charge in [0.1, 0.15) is 11.4 Å². The number of anilines is 1. The smallest absolute Gasteiger partial charge is 0.341 e. The van der Waals surface area contributed by atoms with Crippen LogP contribution in [0.1, 0.15) is 29.2 Å². The maximum atomic E-state index is 14.6. The first-order valence-corrected chi connectivity index (χ1v) is 9.90. The molecule has 4 rings (SSSR count). The van der Waals surface area contributed by atoms with E-state index in [1.165, 1.54) is 12.3 Å². The van der Waals surface area contributed by atoms with Crippen molar-refractivity contribution < 1.29 is 34.1 Å². The molecule has 1 saturated carbocycles. The van der Waals surface area contributed by atoms with Crippen LogP contribution in [0.25, 0.3) is 10.9 Å². The van der Waals surface area contributed by atoms with Crippen LogP contribution >= 0.6 is 0 Å². The quantitative estimate of drug-likeness (QED) is 0.498. The van der Waals surface area contributed by atoms with Gasteiger partial charge in [-0.05, 0) is 25.0 Å². The molecule has 2 aromatic rings. The summed E-state index contributed by atoms with van der Waals surface area (Å²) in [6, 6.07) is 3.08. The summed E-state index contributed by atoms with van der Waals surface area (Å²) in [7, 11) is 0. The van der Waals surface area contributed by atoms with Gasteiger partial charge in [0, 0.05) is 56.0 Å². The molecule has 2 aliphatic rings. The zero-order valence-electron chi connectivity index (χ0n) is 17.0. The van der Waals surface area contributed by atoms with E-state index in [9.17, 15) is 28.7 Å². The number of aromatic nitrogens is 1. The second-order valence-corrected chi connectivity index (χ2v) is 7.38. The molecule has 11 heteroatoms. The number of aliphatic carboxylic acids is 2. The molecule has 0 amide bonds. The fourth-order valence-corrected chi connectivity index (χ4v) is 3.46. The summed E-state index contributed by atoms with van der Waals surface area (Å²) < 4.78 is 16.4. The van der Waals surface area contributed by atoms with E-state index in [-0.39, 0.29) is 17.0 Å². The third-order valence-electron chi connectivity index (χ3n) is 5.10. The number of pyridine rings is 1. The molecule has 10 nitrogen and oxygen atoms in total. The predicted octanol–water partition coefficient (Wildman–Crippen LogP) is 1.30. The minimum Gasteiger partial charge on any atom is -0.478 e. The molecule has 0 bridgehead atoms. The predicted molar refractivity (Wildman–Crippen MR) is 113 cm³/mol. The number of hydrogen-bond acceptors (Lipinski definition) is 6. The Balaban J connectivity index is 0.000000312. The highest BCUT2D eigenvalue weighted by Crippen LogP contribution is 2.38. The van der Waals surface area contributed by atoms with Crippen LogP contribution in [0.2, 0.25) is 0 Å². The van der Waals surface area contributed by atoms with E-state index >= 15 is 0 Å². The molecular weight excluding hydrogens is 425 g/mol. The highest BCUT2D eigenvalue weighted by molar-refractivity contribution is 5.93. The number of nitrogens with zero attached hydrogens (tertiary/aromatic N) is 2. The van der Waals surface area contributed by atoms with Crippen molar-refractivity contribution in [3.8, 4) is 0 Å². The Hall–Kier alpha value is -3.73. The maximum Gasteiger partial charge on any atom is 0.341 e. The molecule has 2 fully saturated rings. The molecule has 1 aromatic heterocycles. The van der Waals surface area contributed by atoms with Crippen molar-refractivity contribution in [2.24, 2.45) is 0 Å².